The van der Waals surface area contributed by atoms with Gasteiger partial charge in [-0.25, -0.2) is 4.98 Å². The molecule has 0 unspecified atom stereocenters. The zero-order valence-corrected chi connectivity index (χ0v) is 23.7. The van der Waals surface area contributed by atoms with Crippen molar-refractivity contribution in [1.82, 2.24) is 25.8 Å². The number of thiazole rings is 1. The van der Waals surface area contributed by atoms with Gasteiger partial charge in [0.2, 0.25) is 17.6 Å². The second kappa shape index (κ2) is 11.2. The topological polar surface area (TPSA) is 138 Å². The van der Waals surface area contributed by atoms with E-state index in [0.717, 1.165) is 50.6 Å². The summed E-state index contributed by atoms with van der Waals surface area (Å²) in [6, 6.07) is -1.86. The summed E-state index contributed by atoms with van der Waals surface area (Å²) in [5.74, 6) is -2.35. The van der Waals surface area contributed by atoms with E-state index in [4.69, 9.17) is 4.98 Å². The van der Waals surface area contributed by atoms with Crippen LogP contribution in [-0.2, 0) is 19.2 Å². The first kappa shape index (κ1) is 27.4. The first-order chi connectivity index (χ1) is 19.3. The van der Waals surface area contributed by atoms with Crippen molar-refractivity contribution in [2.45, 2.75) is 108 Å². The molecule has 0 radical (unpaired) electrons. The summed E-state index contributed by atoms with van der Waals surface area (Å²) in [6.07, 6.45) is 11.5. The van der Waals surface area contributed by atoms with Crippen LogP contribution < -0.4 is 16.0 Å². The molecule has 2 saturated heterocycles. The van der Waals surface area contributed by atoms with Crippen LogP contribution in [0.4, 0.5) is 0 Å². The summed E-state index contributed by atoms with van der Waals surface area (Å²) in [4.78, 5) is 72.1. The lowest BCUT2D eigenvalue weighted by Gasteiger charge is -2.39. The maximum Gasteiger partial charge on any atom is 0.289 e. The minimum atomic E-state index is -1.12. The van der Waals surface area contributed by atoms with Gasteiger partial charge < -0.3 is 20.9 Å². The van der Waals surface area contributed by atoms with Crippen LogP contribution in [0.25, 0.3) is 0 Å². The van der Waals surface area contributed by atoms with E-state index < -0.39 is 35.6 Å². The normalized spacial score (nSPS) is 26.7. The van der Waals surface area contributed by atoms with Gasteiger partial charge in [0.25, 0.3) is 11.8 Å². The summed E-state index contributed by atoms with van der Waals surface area (Å²) in [5, 5.41) is 10.7. The molecule has 1 spiro atoms. The van der Waals surface area contributed by atoms with E-state index in [1.165, 1.54) is 30.6 Å². The third-order valence-electron chi connectivity index (χ3n) is 9.59. The molecule has 6 rings (SSSR count). The number of likely N-dealkylation sites (tertiary alicyclic amines) is 1. The Labute approximate surface area is 238 Å². The highest BCUT2D eigenvalue weighted by atomic mass is 32.1. The Morgan fingerprint density at radius 2 is 1.85 bits per heavy atom. The summed E-state index contributed by atoms with van der Waals surface area (Å²) in [7, 11) is 0. The van der Waals surface area contributed by atoms with Crippen LogP contribution in [0.15, 0.2) is 5.38 Å². The Kier molecular flexibility index (Phi) is 7.67. The average molecular weight is 570 g/mol. The van der Waals surface area contributed by atoms with Crippen molar-refractivity contribution in [3.05, 3.63) is 16.1 Å². The zero-order chi connectivity index (χ0) is 27.9. The van der Waals surface area contributed by atoms with Gasteiger partial charge in [-0.15, -0.1) is 11.3 Å². The second-order valence-electron chi connectivity index (χ2n) is 12.6. The molecule has 11 heteroatoms. The molecule has 5 fully saturated rings. The number of carbonyl (C=O) groups excluding carboxylic acids is 5. The fourth-order valence-electron chi connectivity index (χ4n) is 6.63. The lowest BCUT2D eigenvalue weighted by atomic mass is 9.86. The van der Waals surface area contributed by atoms with E-state index in [1.54, 1.807) is 4.90 Å². The van der Waals surface area contributed by atoms with E-state index in [1.807, 2.05) is 5.38 Å². The molecule has 216 valence electrons. The largest absolute Gasteiger partial charge is 0.356 e. The number of amides is 4. The van der Waals surface area contributed by atoms with Crippen molar-refractivity contribution in [3.63, 3.8) is 0 Å². The molecule has 1 aromatic rings. The fourth-order valence-corrected chi connectivity index (χ4v) is 7.49. The van der Waals surface area contributed by atoms with Crippen LogP contribution >= 0.6 is 11.3 Å². The van der Waals surface area contributed by atoms with E-state index in [2.05, 4.69) is 16.0 Å². The van der Waals surface area contributed by atoms with Gasteiger partial charge in [-0.05, 0) is 69.6 Å². The molecule has 3 heterocycles. The van der Waals surface area contributed by atoms with Gasteiger partial charge >= 0.3 is 0 Å². The fraction of sp³-hybridized carbons (Fsp3) is 0.724. The van der Waals surface area contributed by atoms with Crippen LogP contribution in [0.5, 0.6) is 0 Å². The third kappa shape index (κ3) is 5.94. The molecule has 1 aromatic heterocycles. The standard InChI is InChI=1S/C29H39N5O5S/c35-23(26(38)31-19-6-7-19)20(14-18-8-12-30-24(18)36)32-25(37)22-15-29(9-10-29)11-13-34(22)28(39)27-33-21(16-40-27)17-4-2-1-3-5-17/h16-20,22H,1-15H2,(H,30,36)(H,31,38)(H,32,37)/t18-,20-,22-/m0/s1. The maximum absolute atomic E-state index is 13.8. The highest BCUT2D eigenvalue weighted by molar-refractivity contribution is 7.11. The molecular formula is C29H39N5O5S. The Morgan fingerprint density at radius 1 is 1.07 bits per heavy atom. The molecule has 3 aliphatic carbocycles. The number of aromatic nitrogens is 1. The van der Waals surface area contributed by atoms with Crippen molar-refractivity contribution in [2.24, 2.45) is 11.3 Å². The molecule has 2 aliphatic heterocycles. The van der Waals surface area contributed by atoms with Crippen LogP contribution in [-0.4, -0.2) is 70.5 Å². The predicted molar refractivity (Wildman–Crippen MR) is 148 cm³/mol. The number of rotatable bonds is 9. The van der Waals surface area contributed by atoms with Gasteiger partial charge in [-0.2, -0.15) is 0 Å². The van der Waals surface area contributed by atoms with Crippen LogP contribution in [0.2, 0.25) is 0 Å². The number of ketones is 1. The number of Topliss-reactive ketones (excluding diaryl/α,β-unsaturated/α-hetero) is 1. The zero-order valence-electron chi connectivity index (χ0n) is 22.9. The van der Waals surface area contributed by atoms with Crippen LogP contribution in [0.1, 0.15) is 105 Å². The van der Waals surface area contributed by atoms with Gasteiger partial charge in [-0.3, -0.25) is 24.0 Å². The Balaban J connectivity index is 1.19. The average Bonchev–Trinajstić information content (AvgIpc) is 3.84. The number of nitrogens with one attached hydrogen (secondary N) is 3. The van der Waals surface area contributed by atoms with Crippen molar-refractivity contribution < 1.29 is 24.0 Å². The predicted octanol–water partition coefficient (Wildman–Crippen LogP) is 2.43. The molecule has 10 nitrogen and oxygen atoms in total. The highest BCUT2D eigenvalue weighted by Crippen LogP contribution is 2.55. The van der Waals surface area contributed by atoms with Gasteiger partial charge in [0, 0.05) is 36.3 Å². The Bertz CT molecular complexity index is 1190. The molecule has 0 aromatic carbocycles. The lowest BCUT2D eigenvalue weighted by molar-refractivity contribution is -0.141. The van der Waals surface area contributed by atoms with Gasteiger partial charge in [0.05, 0.1) is 11.7 Å². The van der Waals surface area contributed by atoms with Crippen molar-refractivity contribution in [1.29, 1.82) is 0 Å². The minimum absolute atomic E-state index is 0.000518. The monoisotopic (exact) mass is 569 g/mol. The first-order valence-corrected chi connectivity index (χ1v) is 15.9. The molecule has 4 amide bonds. The summed E-state index contributed by atoms with van der Waals surface area (Å²) in [6.45, 7) is 0.970. The molecule has 3 N–H and O–H groups in total. The van der Waals surface area contributed by atoms with E-state index in [9.17, 15) is 24.0 Å². The van der Waals surface area contributed by atoms with E-state index >= 15 is 0 Å². The van der Waals surface area contributed by atoms with Gasteiger partial charge in [0.15, 0.2) is 5.01 Å². The SMILES string of the molecule is O=C(NC1CC1)C(=O)[C@H](C[C@@H]1CCNC1=O)NC(=O)[C@@H]1CC2(CCN1C(=O)c1nc(C3CCCCC3)cs1)CC2. The highest BCUT2D eigenvalue weighted by Gasteiger charge is 2.52. The van der Waals surface area contributed by atoms with Crippen molar-refractivity contribution in [2.75, 3.05) is 13.1 Å². The third-order valence-corrected chi connectivity index (χ3v) is 10.4. The van der Waals surface area contributed by atoms with Crippen LogP contribution in [0, 0.1) is 11.3 Å². The van der Waals surface area contributed by atoms with Crippen molar-refractivity contribution >= 4 is 40.7 Å². The second-order valence-corrected chi connectivity index (χ2v) is 13.4. The van der Waals surface area contributed by atoms with Crippen LogP contribution in [0.3, 0.4) is 0 Å². The number of piperidine rings is 1. The number of hydrogen-bond donors (Lipinski definition) is 3. The number of nitrogens with zero attached hydrogens (tertiary/aromatic N) is 2. The molecule has 3 atom stereocenters. The summed E-state index contributed by atoms with van der Waals surface area (Å²) < 4.78 is 0. The maximum atomic E-state index is 13.8. The number of carbonyl (C=O) groups is 5. The molecule has 3 saturated carbocycles. The van der Waals surface area contributed by atoms with E-state index in [-0.39, 0.29) is 29.7 Å². The van der Waals surface area contributed by atoms with E-state index in [0.29, 0.717) is 36.9 Å². The smallest absolute Gasteiger partial charge is 0.289 e. The van der Waals surface area contributed by atoms with Gasteiger partial charge in [-0.1, -0.05) is 19.3 Å². The van der Waals surface area contributed by atoms with Crippen molar-refractivity contribution in [3.8, 4) is 0 Å². The molecule has 0 bridgehead atoms. The van der Waals surface area contributed by atoms with Gasteiger partial charge in [0.1, 0.15) is 6.04 Å². The molecule has 40 heavy (non-hydrogen) atoms. The molecular weight excluding hydrogens is 530 g/mol. The Hall–Kier alpha value is -2.82. The lowest BCUT2D eigenvalue weighted by Crippen LogP contribution is -2.58. The summed E-state index contributed by atoms with van der Waals surface area (Å²) >= 11 is 1.34. The Morgan fingerprint density at radius 3 is 2.52 bits per heavy atom. The first-order valence-electron chi connectivity index (χ1n) is 15.0. The molecule has 5 aliphatic rings. The number of hydrogen-bond acceptors (Lipinski definition) is 7. The summed E-state index contributed by atoms with van der Waals surface area (Å²) in [5.41, 5.74) is 1.04. The minimum Gasteiger partial charge on any atom is -0.356 e. The quantitative estimate of drug-likeness (QED) is 0.391.